The number of hydrogen-bond acceptors (Lipinski definition) is 4. The van der Waals surface area contributed by atoms with Gasteiger partial charge >= 0.3 is 0 Å². The Morgan fingerprint density at radius 3 is 2.76 bits per heavy atom. The van der Waals surface area contributed by atoms with E-state index in [-0.39, 0.29) is 12.5 Å². The van der Waals surface area contributed by atoms with Crippen molar-refractivity contribution >= 4 is 0 Å². The Balaban J connectivity index is 1.72. The Bertz CT molecular complexity index is 609. The first-order chi connectivity index (χ1) is 10.1. The van der Waals surface area contributed by atoms with E-state index in [0.29, 0.717) is 23.2 Å². The summed E-state index contributed by atoms with van der Waals surface area (Å²) in [5, 5.41) is 7.24. The highest BCUT2D eigenvalue weighted by atomic mass is 19.1. The van der Waals surface area contributed by atoms with Crippen LogP contribution in [0.25, 0.3) is 0 Å². The third-order valence-corrected chi connectivity index (χ3v) is 3.73. The molecule has 1 N–H and O–H groups in total. The molecule has 2 unspecified atom stereocenters. The van der Waals surface area contributed by atoms with Gasteiger partial charge in [-0.25, -0.2) is 8.78 Å². The minimum Gasteiger partial charge on any atom is -0.338 e. The molecule has 2 atom stereocenters. The molecule has 0 radical (unpaired) electrons. The van der Waals surface area contributed by atoms with Crippen LogP contribution in [0.15, 0.2) is 22.7 Å². The van der Waals surface area contributed by atoms with E-state index < -0.39 is 11.6 Å². The van der Waals surface area contributed by atoms with Crippen molar-refractivity contribution in [3.05, 3.63) is 47.1 Å². The largest absolute Gasteiger partial charge is 0.338 e. The topological polar surface area (TPSA) is 51.0 Å². The summed E-state index contributed by atoms with van der Waals surface area (Å²) >= 11 is 0. The van der Waals surface area contributed by atoms with Crippen LogP contribution in [0.3, 0.4) is 0 Å². The molecule has 0 bridgehead atoms. The third-order valence-electron chi connectivity index (χ3n) is 3.73. The first kappa shape index (κ1) is 14.1. The van der Waals surface area contributed by atoms with E-state index in [2.05, 4.69) is 22.4 Å². The lowest BCUT2D eigenvalue weighted by Gasteiger charge is -2.25. The van der Waals surface area contributed by atoms with Crippen molar-refractivity contribution in [2.75, 3.05) is 6.54 Å². The van der Waals surface area contributed by atoms with Gasteiger partial charge in [0.1, 0.15) is 11.6 Å². The predicted molar refractivity (Wildman–Crippen MR) is 72.6 cm³/mol. The fourth-order valence-electron chi connectivity index (χ4n) is 2.67. The molecule has 1 aromatic heterocycles. The molecule has 112 valence electrons. The molecule has 2 aromatic rings. The van der Waals surface area contributed by atoms with E-state index in [4.69, 9.17) is 4.52 Å². The fraction of sp³-hybridized carbons (Fsp3) is 0.467. The molecule has 4 nitrogen and oxygen atoms in total. The Kier molecular flexibility index (Phi) is 3.96. The second-order valence-electron chi connectivity index (χ2n) is 5.64. The van der Waals surface area contributed by atoms with Crippen molar-refractivity contribution in [1.29, 1.82) is 0 Å². The molecule has 0 saturated carbocycles. The van der Waals surface area contributed by atoms with E-state index in [1.807, 2.05) is 0 Å². The van der Waals surface area contributed by atoms with Crippen LogP contribution in [0.4, 0.5) is 8.78 Å². The maximum absolute atomic E-state index is 13.2. The van der Waals surface area contributed by atoms with Crippen LogP contribution >= 0.6 is 0 Å². The van der Waals surface area contributed by atoms with E-state index in [1.165, 1.54) is 12.1 Å². The van der Waals surface area contributed by atoms with Crippen molar-refractivity contribution in [3.63, 3.8) is 0 Å². The summed E-state index contributed by atoms with van der Waals surface area (Å²) < 4.78 is 31.6. The number of rotatable bonds is 3. The highest BCUT2D eigenvalue weighted by Gasteiger charge is 2.24. The number of benzene rings is 1. The molecule has 1 saturated heterocycles. The number of hydrogen-bond donors (Lipinski definition) is 1. The number of nitrogens with zero attached hydrogens (tertiary/aromatic N) is 2. The Labute approximate surface area is 121 Å². The standard InChI is InChI=1S/C15H17F2N3O/c1-9-2-3-18-13(4-9)15-19-14(20-21-15)7-10-5-11(16)8-12(17)6-10/h5-6,8-9,13,18H,2-4,7H2,1H3. The van der Waals surface area contributed by atoms with Crippen molar-refractivity contribution < 1.29 is 13.3 Å². The van der Waals surface area contributed by atoms with Crippen LogP contribution in [-0.2, 0) is 6.42 Å². The van der Waals surface area contributed by atoms with E-state index in [9.17, 15) is 8.78 Å². The fourth-order valence-corrected chi connectivity index (χ4v) is 2.67. The molecule has 21 heavy (non-hydrogen) atoms. The summed E-state index contributed by atoms with van der Waals surface area (Å²) in [6.07, 6.45) is 2.34. The van der Waals surface area contributed by atoms with Gasteiger partial charge in [-0.15, -0.1) is 0 Å². The van der Waals surface area contributed by atoms with Crippen molar-refractivity contribution in [1.82, 2.24) is 15.5 Å². The smallest absolute Gasteiger partial charge is 0.243 e. The number of piperidine rings is 1. The SMILES string of the molecule is CC1CCNC(c2nc(Cc3cc(F)cc(F)c3)no2)C1. The van der Waals surface area contributed by atoms with E-state index >= 15 is 0 Å². The maximum atomic E-state index is 13.2. The highest BCUT2D eigenvalue weighted by Crippen LogP contribution is 2.26. The van der Waals surface area contributed by atoms with E-state index in [0.717, 1.165) is 25.5 Å². The van der Waals surface area contributed by atoms with Gasteiger partial charge in [0.2, 0.25) is 5.89 Å². The van der Waals surface area contributed by atoms with Crippen LogP contribution in [0.1, 0.15) is 43.1 Å². The van der Waals surface area contributed by atoms with Gasteiger partial charge in [0.25, 0.3) is 0 Å². The predicted octanol–water partition coefficient (Wildman–Crippen LogP) is 3.00. The van der Waals surface area contributed by atoms with Gasteiger partial charge in [-0.05, 0) is 43.0 Å². The van der Waals surface area contributed by atoms with Gasteiger partial charge < -0.3 is 9.84 Å². The molecular formula is C15H17F2N3O. The molecule has 3 rings (SSSR count). The van der Waals surface area contributed by atoms with Crippen LogP contribution < -0.4 is 5.32 Å². The van der Waals surface area contributed by atoms with Crippen molar-refractivity contribution in [2.24, 2.45) is 5.92 Å². The van der Waals surface area contributed by atoms with Gasteiger partial charge in [-0.3, -0.25) is 0 Å². The monoisotopic (exact) mass is 293 g/mol. The molecule has 0 aliphatic carbocycles. The number of aromatic nitrogens is 2. The van der Waals surface area contributed by atoms with Gasteiger partial charge in [0.05, 0.1) is 6.04 Å². The molecule has 6 heteroatoms. The minimum atomic E-state index is -0.600. The second-order valence-corrected chi connectivity index (χ2v) is 5.64. The average molecular weight is 293 g/mol. The lowest BCUT2D eigenvalue weighted by atomic mass is 9.94. The molecule has 0 spiro atoms. The first-order valence-electron chi connectivity index (χ1n) is 7.11. The summed E-state index contributed by atoms with van der Waals surface area (Å²) in [6, 6.07) is 3.47. The summed E-state index contributed by atoms with van der Waals surface area (Å²) in [5.41, 5.74) is 0.491. The summed E-state index contributed by atoms with van der Waals surface area (Å²) in [6.45, 7) is 3.12. The summed E-state index contributed by atoms with van der Waals surface area (Å²) in [7, 11) is 0. The third kappa shape index (κ3) is 3.44. The Morgan fingerprint density at radius 1 is 1.29 bits per heavy atom. The summed E-state index contributed by atoms with van der Waals surface area (Å²) in [4.78, 5) is 4.34. The maximum Gasteiger partial charge on any atom is 0.243 e. The minimum absolute atomic E-state index is 0.0687. The molecule has 0 amide bonds. The first-order valence-corrected chi connectivity index (χ1v) is 7.11. The molecule has 1 aliphatic rings. The Morgan fingerprint density at radius 2 is 2.05 bits per heavy atom. The van der Waals surface area contributed by atoms with Gasteiger partial charge in [0, 0.05) is 12.5 Å². The van der Waals surface area contributed by atoms with Crippen LogP contribution in [0.5, 0.6) is 0 Å². The quantitative estimate of drug-likeness (QED) is 0.945. The Hall–Kier alpha value is -1.82. The molecule has 1 fully saturated rings. The van der Waals surface area contributed by atoms with Gasteiger partial charge in [-0.1, -0.05) is 12.1 Å². The van der Waals surface area contributed by atoms with Crippen LogP contribution in [-0.4, -0.2) is 16.7 Å². The molecule has 1 aliphatic heterocycles. The zero-order valence-corrected chi connectivity index (χ0v) is 11.8. The molecular weight excluding hydrogens is 276 g/mol. The van der Waals surface area contributed by atoms with Crippen LogP contribution in [0.2, 0.25) is 0 Å². The van der Waals surface area contributed by atoms with Crippen molar-refractivity contribution in [3.8, 4) is 0 Å². The lowest BCUT2D eigenvalue weighted by molar-refractivity contribution is 0.259. The van der Waals surface area contributed by atoms with Gasteiger partial charge in [0.15, 0.2) is 5.82 Å². The average Bonchev–Trinajstić information content (AvgIpc) is 2.86. The lowest BCUT2D eigenvalue weighted by Crippen LogP contribution is -2.30. The normalized spacial score (nSPS) is 22.4. The van der Waals surface area contributed by atoms with Crippen molar-refractivity contribution in [2.45, 2.75) is 32.2 Å². The zero-order valence-electron chi connectivity index (χ0n) is 11.8. The zero-order chi connectivity index (χ0) is 14.8. The van der Waals surface area contributed by atoms with Gasteiger partial charge in [-0.2, -0.15) is 4.98 Å². The second kappa shape index (κ2) is 5.89. The molecule has 1 aromatic carbocycles. The van der Waals surface area contributed by atoms with E-state index in [1.54, 1.807) is 0 Å². The number of nitrogens with one attached hydrogen (secondary N) is 1. The summed E-state index contributed by atoms with van der Waals surface area (Å²) in [5.74, 6) is 0.403. The number of halogens is 2. The molecule has 2 heterocycles. The highest BCUT2D eigenvalue weighted by molar-refractivity contribution is 5.21. The van der Waals surface area contributed by atoms with Crippen LogP contribution in [0, 0.1) is 17.6 Å².